The summed E-state index contributed by atoms with van der Waals surface area (Å²) in [7, 11) is 0. The second kappa shape index (κ2) is 11.1. The van der Waals surface area contributed by atoms with Crippen LogP contribution in [0.4, 0.5) is 17.1 Å². The Morgan fingerprint density at radius 3 is 2.31 bits per heavy atom. The fourth-order valence-corrected chi connectivity index (χ4v) is 4.75. The number of nitro benzene ring substituents is 1. The van der Waals surface area contributed by atoms with Crippen molar-refractivity contribution < 1.29 is 14.5 Å². The summed E-state index contributed by atoms with van der Waals surface area (Å²) in [6.45, 7) is 4.64. The highest BCUT2D eigenvalue weighted by Crippen LogP contribution is 2.31. The molecule has 1 aliphatic rings. The fraction of sp³-hybridized carbons (Fsp3) is 0.231. The smallest absolute Gasteiger partial charge is 0.283 e. The number of nitro groups is 1. The molecule has 2 amide bonds. The van der Waals surface area contributed by atoms with Crippen molar-refractivity contribution in [2.75, 3.05) is 42.1 Å². The van der Waals surface area contributed by atoms with Gasteiger partial charge in [-0.25, -0.2) is 0 Å². The summed E-state index contributed by atoms with van der Waals surface area (Å²) in [4.78, 5) is 40.9. The molecule has 0 atom stereocenters. The third-order valence-corrected chi connectivity index (χ3v) is 6.88. The first-order valence-electron chi connectivity index (χ1n) is 11.3. The van der Waals surface area contributed by atoms with Crippen molar-refractivity contribution >= 4 is 40.6 Å². The lowest BCUT2D eigenvalue weighted by molar-refractivity contribution is -0.387. The van der Waals surface area contributed by atoms with Crippen LogP contribution in [-0.2, 0) is 4.79 Å². The molecule has 35 heavy (non-hydrogen) atoms. The van der Waals surface area contributed by atoms with Crippen molar-refractivity contribution in [2.24, 2.45) is 0 Å². The minimum atomic E-state index is -0.520. The van der Waals surface area contributed by atoms with Crippen molar-refractivity contribution in [1.29, 1.82) is 0 Å². The minimum absolute atomic E-state index is 0.0572. The van der Waals surface area contributed by atoms with E-state index in [0.29, 0.717) is 23.7 Å². The molecular weight excluding hydrogens is 464 g/mol. The number of amides is 2. The Hall–Kier alpha value is -3.85. The molecule has 8 nitrogen and oxygen atoms in total. The Balaban J connectivity index is 1.35. The van der Waals surface area contributed by atoms with E-state index in [9.17, 15) is 19.7 Å². The monoisotopic (exact) mass is 490 g/mol. The molecule has 1 saturated heterocycles. The number of anilines is 2. The third kappa shape index (κ3) is 6.19. The molecule has 0 radical (unpaired) electrons. The summed E-state index contributed by atoms with van der Waals surface area (Å²) in [5, 5.41) is 14.4. The molecule has 0 unspecified atom stereocenters. The highest BCUT2D eigenvalue weighted by Gasteiger charge is 2.23. The molecule has 0 aliphatic carbocycles. The van der Waals surface area contributed by atoms with E-state index in [4.69, 9.17) is 0 Å². The van der Waals surface area contributed by atoms with Crippen molar-refractivity contribution in [2.45, 2.75) is 11.8 Å². The first kappa shape index (κ1) is 24.3. The van der Waals surface area contributed by atoms with Gasteiger partial charge in [0.25, 0.3) is 11.6 Å². The van der Waals surface area contributed by atoms with Crippen LogP contribution in [0.3, 0.4) is 0 Å². The lowest BCUT2D eigenvalue weighted by Crippen LogP contribution is -2.49. The van der Waals surface area contributed by atoms with Crippen LogP contribution < -0.4 is 10.2 Å². The molecule has 180 valence electrons. The van der Waals surface area contributed by atoms with Gasteiger partial charge in [-0.2, -0.15) is 0 Å². The number of aryl methyl sites for hydroxylation is 1. The first-order valence-corrected chi connectivity index (χ1v) is 12.3. The maximum atomic E-state index is 12.8. The molecule has 0 saturated carbocycles. The number of para-hydroxylation sites is 1. The van der Waals surface area contributed by atoms with Gasteiger partial charge in [0.05, 0.1) is 15.6 Å². The van der Waals surface area contributed by atoms with Crippen LogP contribution in [0.5, 0.6) is 0 Å². The Bertz CT molecular complexity index is 1210. The van der Waals surface area contributed by atoms with Gasteiger partial charge in [-0.3, -0.25) is 19.7 Å². The van der Waals surface area contributed by atoms with Crippen molar-refractivity contribution in [3.8, 4) is 0 Å². The number of carbonyl (C=O) groups is 2. The van der Waals surface area contributed by atoms with Crippen molar-refractivity contribution in [1.82, 2.24) is 4.90 Å². The molecule has 1 fully saturated rings. The normalized spacial score (nSPS) is 13.4. The predicted octanol–water partition coefficient (Wildman–Crippen LogP) is 4.60. The topological polar surface area (TPSA) is 95.8 Å². The van der Waals surface area contributed by atoms with Gasteiger partial charge in [-0.05, 0) is 43.3 Å². The zero-order valence-corrected chi connectivity index (χ0v) is 20.2. The molecular formula is C26H26N4O4S. The Morgan fingerprint density at radius 2 is 1.66 bits per heavy atom. The van der Waals surface area contributed by atoms with E-state index >= 15 is 0 Å². The van der Waals surface area contributed by atoms with Crippen LogP contribution in [0, 0.1) is 17.0 Å². The molecule has 0 bridgehead atoms. The first-order chi connectivity index (χ1) is 16.9. The zero-order chi connectivity index (χ0) is 24.8. The lowest BCUT2D eigenvalue weighted by atomic mass is 10.1. The van der Waals surface area contributed by atoms with Crippen LogP contribution in [0.25, 0.3) is 0 Å². The molecule has 3 aromatic carbocycles. The summed E-state index contributed by atoms with van der Waals surface area (Å²) in [5.74, 6) is -0.389. The summed E-state index contributed by atoms with van der Waals surface area (Å²) in [6.07, 6.45) is 0. The van der Waals surface area contributed by atoms with Crippen LogP contribution in [0.2, 0.25) is 0 Å². The molecule has 9 heteroatoms. The molecule has 1 N–H and O–H groups in total. The maximum Gasteiger partial charge on any atom is 0.283 e. The van der Waals surface area contributed by atoms with Gasteiger partial charge < -0.3 is 15.1 Å². The number of thioether (sulfide) groups is 1. The number of rotatable bonds is 7. The number of nitrogens with zero attached hydrogens (tertiary/aromatic N) is 3. The van der Waals surface area contributed by atoms with Crippen LogP contribution in [0.15, 0.2) is 77.7 Å². The van der Waals surface area contributed by atoms with E-state index in [0.717, 1.165) is 36.1 Å². The van der Waals surface area contributed by atoms with E-state index in [1.165, 1.54) is 12.1 Å². The quantitative estimate of drug-likeness (QED) is 0.296. The molecule has 1 aliphatic heterocycles. The third-order valence-electron chi connectivity index (χ3n) is 5.83. The number of piperazine rings is 1. The number of nitrogens with one attached hydrogen (secondary N) is 1. The van der Waals surface area contributed by atoms with E-state index < -0.39 is 10.8 Å². The molecule has 0 aromatic heterocycles. The fourth-order valence-electron chi connectivity index (χ4n) is 3.85. The van der Waals surface area contributed by atoms with Crippen LogP contribution in [0.1, 0.15) is 15.9 Å². The second-order valence-electron chi connectivity index (χ2n) is 8.25. The highest BCUT2D eigenvalue weighted by molar-refractivity contribution is 8.00. The van der Waals surface area contributed by atoms with Gasteiger partial charge in [-0.1, -0.05) is 35.9 Å². The Morgan fingerprint density at radius 1 is 0.971 bits per heavy atom. The van der Waals surface area contributed by atoms with Gasteiger partial charge in [0, 0.05) is 49.2 Å². The van der Waals surface area contributed by atoms with Gasteiger partial charge in [0.15, 0.2) is 0 Å². The summed E-state index contributed by atoms with van der Waals surface area (Å²) >= 11 is 1.12. The van der Waals surface area contributed by atoms with Crippen LogP contribution >= 0.6 is 11.8 Å². The van der Waals surface area contributed by atoms with Gasteiger partial charge >= 0.3 is 0 Å². The minimum Gasteiger partial charge on any atom is -0.368 e. The van der Waals surface area contributed by atoms with E-state index in [-0.39, 0.29) is 22.9 Å². The maximum absolute atomic E-state index is 12.8. The van der Waals surface area contributed by atoms with E-state index in [1.54, 1.807) is 23.1 Å². The van der Waals surface area contributed by atoms with Gasteiger partial charge in [0.1, 0.15) is 0 Å². The Labute approximate surface area is 208 Å². The zero-order valence-electron chi connectivity index (χ0n) is 19.3. The molecule has 3 aromatic rings. The molecule has 4 rings (SSSR count). The number of hydrogen-bond acceptors (Lipinski definition) is 6. The van der Waals surface area contributed by atoms with E-state index in [2.05, 4.69) is 22.3 Å². The highest BCUT2D eigenvalue weighted by atomic mass is 32.2. The summed E-state index contributed by atoms with van der Waals surface area (Å²) in [5.41, 5.74) is 2.81. The largest absolute Gasteiger partial charge is 0.368 e. The van der Waals surface area contributed by atoms with Crippen molar-refractivity contribution in [3.63, 3.8) is 0 Å². The molecule has 1 heterocycles. The average Bonchev–Trinajstić information content (AvgIpc) is 2.89. The summed E-state index contributed by atoms with van der Waals surface area (Å²) < 4.78 is 0. The van der Waals surface area contributed by atoms with Gasteiger partial charge in [0.2, 0.25) is 5.91 Å². The predicted molar refractivity (Wildman–Crippen MR) is 138 cm³/mol. The standard InChI is InChI=1S/C26H26N4O4S/c1-19-7-10-21(11-8-19)27-26(32)20-9-12-24(23(17-20)30(33)34)35-18-25(31)29-15-13-28(14-16-29)22-5-3-2-4-6-22/h2-12,17H,13-16,18H2,1H3,(H,27,32). The van der Waals surface area contributed by atoms with Gasteiger partial charge in [-0.15, -0.1) is 11.8 Å². The SMILES string of the molecule is Cc1ccc(NC(=O)c2ccc(SCC(=O)N3CCN(c4ccccc4)CC3)c([N+](=O)[O-])c2)cc1. The van der Waals surface area contributed by atoms with E-state index in [1.807, 2.05) is 37.3 Å². The number of hydrogen-bond donors (Lipinski definition) is 1. The Kier molecular flexibility index (Phi) is 7.67. The second-order valence-corrected chi connectivity index (χ2v) is 9.27. The number of carbonyl (C=O) groups excluding carboxylic acids is 2. The average molecular weight is 491 g/mol. The van der Waals surface area contributed by atoms with Crippen LogP contribution in [-0.4, -0.2) is 53.6 Å². The number of benzene rings is 3. The summed E-state index contributed by atoms with van der Waals surface area (Å²) in [6, 6.07) is 21.7. The van der Waals surface area contributed by atoms with Crippen molar-refractivity contribution in [3.05, 3.63) is 94.0 Å². The molecule has 0 spiro atoms. The lowest BCUT2D eigenvalue weighted by Gasteiger charge is -2.36.